The van der Waals surface area contributed by atoms with Gasteiger partial charge in [-0.2, -0.15) is 0 Å². The van der Waals surface area contributed by atoms with Crippen LogP contribution in [0, 0.1) is 13.8 Å². The predicted octanol–water partition coefficient (Wildman–Crippen LogP) is 2.51. The topological polar surface area (TPSA) is 93.5 Å². The first-order valence-electron chi connectivity index (χ1n) is 8.66. The van der Waals surface area contributed by atoms with E-state index < -0.39 is 6.04 Å². The van der Waals surface area contributed by atoms with E-state index in [0.29, 0.717) is 23.6 Å². The zero-order chi connectivity index (χ0) is 19.1. The van der Waals surface area contributed by atoms with Gasteiger partial charge in [-0.25, -0.2) is 0 Å². The van der Waals surface area contributed by atoms with Crippen molar-refractivity contribution in [3.05, 3.63) is 46.8 Å². The molecule has 0 aliphatic rings. The number of carbonyl (C=O) groups excluding carboxylic acids is 2. The maximum absolute atomic E-state index is 12.5. The van der Waals surface area contributed by atoms with Crippen LogP contribution in [0.2, 0.25) is 0 Å². The van der Waals surface area contributed by atoms with E-state index >= 15 is 0 Å². The molecule has 7 nitrogen and oxygen atoms in total. The van der Waals surface area contributed by atoms with E-state index in [0.717, 1.165) is 17.7 Å². The quantitative estimate of drug-likeness (QED) is 0.755. The molecule has 140 valence electrons. The Morgan fingerprint density at radius 1 is 1.27 bits per heavy atom. The van der Waals surface area contributed by atoms with Gasteiger partial charge in [0.1, 0.15) is 24.2 Å². The molecule has 2 aromatic rings. The molecule has 2 amide bonds. The summed E-state index contributed by atoms with van der Waals surface area (Å²) in [4.78, 5) is 24.5. The van der Waals surface area contributed by atoms with Gasteiger partial charge in [0.2, 0.25) is 5.91 Å². The third-order valence-corrected chi connectivity index (χ3v) is 3.98. The average Bonchev–Trinajstić information content (AvgIpc) is 2.95. The number of para-hydroxylation sites is 1. The second-order valence-corrected chi connectivity index (χ2v) is 6.07. The predicted molar refractivity (Wildman–Crippen MR) is 97.0 cm³/mol. The maximum atomic E-state index is 12.5. The van der Waals surface area contributed by atoms with Gasteiger partial charge in [-0.05, 0) is 39.3 Å². The maximum Gasteiger partial charge on any atom is 0.255 e. The summed E-state index contributed by atoms with van der Waals surface area (Å²) < 4.78 is 10.9. The van der Waals surface area contributed by atoms with E-state index in [2.05, 4.69) is 15.8 Å². The Kier molecular flexibility index (Phi) is 6.77. The summed E-state index contributed by atoms with van der Waals surface area (Å²) >= 11 is 0. The summed E-state index contributed by atoms with van der Waals surface area (Å²) in [5.74, 6) is 0.546. The number of rotatable bonds is 8. The average molecular weight is 359 g/mol. The Labute approximate surface area is 153 Å². The van der Waals surface area contributed by atoms with Gasteiger partial charge in [0.15, 0.2) is 0 Å². The molecule has 0 saturated carbocycles. The normalized spacial score (nSPS) is 11.7. The smallest absolute Gasteiger partial charge is 0.255 e. The molecule has 0 aliphatic heterocycles. The van der Waals surface area contributed by atoms with Crippen LogP contribution in [-0.4, -0.2) is 29.6 Å². The van der Waals surface area contributed by atoms with Gasteiger partial charge in [0.05, 0.1) is 16.8 Å². The van der Waals surface area contributed by atoms with Crippen LogP contribution in [0.3, 0.4) is 0 Å². The summed E-state index contributed by atoms with van der Waals surface area (Å²) in [6, 6.07) is 6.28. The highest BCUT2D eigenvalue weighted by Gasteiger charge is 2.19. The largest absolute Gasteiger partial charge is 0.488 e. The van der Waals surface area contributed by atoms with Crippen LogP contribution in [0.15, 0.2) is 28.8 Å². The van der Waals surface area contributed by atoms with Crippen LogP contribution in [0.5, 0.6) is 5.75 Å². The summed E-state index contributed by atoms with van der Waals surface area (Å²) in [5.41, 5.74) is 1.98. The second kappa shape index (κ2) is 9.03. The molecule has 1 atom stereocenters. The Bertz CT molecular complexity index is 750. The van der Waals surface area contributed by atoms with E-state index in [1.54, 1.807) is 31.2 Å². The molecule has 2 N–H and O–H groups in total. The van der Waals surface area contributed by atoms with Crippen molar-refractivity contribution in [3.63, 3.8) is 0 Å². The highest BCUT2D eigenvalue weighted by Crippen LogP contribution is 2.21. The Balaban J connectivity index is 2.05. The summed E-state index contributed by atoms with van der Waals surface area (Å²) in [5, 5.41) is 9.35. The number of hydrogen-bond donors (Lipinski definition) is 2. The Hall–Kier alpha value is -2.83. The van der Waals surface area contributed by atoms with Gasteiger partial charge < -0.3 is 19.9 Å². The molecule has 0 spiro atoms. The second-order valence-electron chi connectivity index (χ2n) is 6.07. The molecule has 0 radical (unpaired) electrons. The fourth-order valence-corrected chi connectivity index (χ4v) is 2.38. The minimum absolute atomic E-state index is 0.214. The van der Waals surface area contributed by atoms with E-state index in [4.69, 9.17) is 9.26 Å². The Morgan fingerprint density at radius 2 is 2.00 bits per heavy atom. The van der Waals surface area contributed by atoms with Gasteiger partial charge in [-0.15, -0.1) is 0 Å². The van der Waals surface area contributed by atoms with Crippen LogP contribution >= 0.6 is 0 Å². The first-order valence-corrected chi connectivity index (χ1v) is 8.66. The summed E-state index contributed by atoms with van der Waals surface area (Å²) in [7, 11) is 0. The van der Waals surface area contributed by atoms with Crippen LogP contribution in [0.4, 0.5) is 0 Å². The van der Waals surface area contributed by atoms with Crippen molar-refractivity contribution >= 4 is 11.8 Å². The zero-order valence-electron chi connectivity index (χ0n) is 15.6. The zero-order valence-corrected chi connectivity index (χ0v) is 15.6. The third kappa shape index (κ3) is 4.84. The molecule has 1 aromatic heterocycles. The van der Waals surface area contributed by atoms with E-state index in [-0.39, 0.29) is 18.4 Å². The van der Waals surface area contributed by atoms with Gasteiger partial charge in [0, 0.05) is 6.54 Å². The Morgan fingerprint density at radius 3 is 2.65 bits per heavy atom. The molecule has 26 heavy (non-hydrogen) atoms. The fourth-order valence-electron chi connectivity index (χ4n) is 2.38. The monoisotopic (exact) mass is 359 g/mol. The SMILES string of the molecule is CCCNC(=O)C(C)NC(=O)c1ccccc1OCc1c(C)noc1C. The minimum atomic E-state index is -0.635. The number of aromatic nitrogens is 1. The number of amides is 2. The molecular formula is C19H25N3O4. The van der Waals surface area contributed by atoms with Crippen molar-refractivity contribution in [3.8, 4) is 5.75 Å². The van der Waals surface area contributed by atoms with Crippen LogP contribution < -0.4 is 15.4 Å². The number of hydrogen-bond acceptors (Lipinski definition) is 5. The lowest BCUT2D eigenvalue weighted by Crippen LogP contribution is -2.45. The van der Waals surface area contributed by atoms with Crippen molar-refractivity contribution < 1.29 is 18.8 Å². The summed E-state index contributed by atoms with van der Waals surface area (Å²) in [6.45, 7) is 8.10. The first-order chi connectivity index (χ1) is 12.4. The van der Waals surface area contributed by atoms with Crippen molar-refractivity contribution in [2.24, 2.45) is 0 Å². The van der Waals surface area contributed by atoms with Crippen LogP contribution in [0.25, 0.3) is 0 Å². The lowest BCUT2D eigenvalue weighted by Gasteiger charge is -2.16. The number of carbonyl (C=O) groups is 2. The highest BCUT2D eigenvalue weighted by atomic mass is 16.5. The molecule has 7 heteroatoms. The minimum Gasteiger partial charge on any atom is -0.488 e. The molecule has 0 aliphatic carbocycles. The number of aryl methyl sites for hydroxylation is 2. The molecule has 0 saturated heterocycles. The van der Waals surface area contributed by atoms with E-state index in [1.165, 1.54) is 0 Å². The standard InChI is InChI=1S/C19H25N3O4/c1-5-10-20-18(23)13(3)21-19(24)15-8-6-7-9-17(15)25-11-16-12(2)22-26-14(16)4/h6-9,13H,5,10-11H2,1-4H3,(H,20,23)(H,21,24). The van der Waals surface area contributed by atoms with Gasteiger partial charge in [-0.1, -0.05) is 24.2 Å². The highest BCUT2D eigenvalue weighted by molar-refractivity contribution is 5.99. The van der Waals surface area contributed by atoms with Gasteiger partial charge >= 0.3 is 0 Å². The molecule has 1 unspecified atom stereocenters. The van der Waals surface area contributed by atoms with Crippen molar-refractivity contribution in [2.75, 3.05) is 6.54 Å². The lowest BCUT2D eigenvalue weighted by molar-refractivity contribution is -0.122. The van der Waals surface area contributed by atoms with Crippen LogP contribution in [-0.2, 0) is 11.4 Å². The molecular weight excluding hydrogens is 334 g/mol. The van der Waals surface area contributed by atoms with E-state index in [1.807, 2.05) is 20.8 Å². The third-order valence-electron chi connectivity index (χ3n) is 3.98. The molecule has 1 aromatic carbocycles. The number of ether oxygens (including phenoxy) is 1. The number of benzene rings is 1. The van der Waals surface area contributed by atoms with Crippen LogP contribution in [0.1, 0.15) is 47.6 Å². The van der Waals surface area contributed by atoms with Crippen molar-refractivity contribution in [1.82, 2.24) is 15.8 Å². The number of nitrogens with zero attached hydrogens (tertiary/aromatic N) is 1. The van der Waals surface area contributed by atoms with Gasteiger partial charge in [0.25, 0.3) is 5.91 Å². The van der Waals surface area contributed by atoms with Crippen molar-refractivity contribution in [2.45, 2.75) is 46.8 Å². The lowest BCUT2D eigenvalue weighted by atomic mass is 10.1. The number of nitrogens with one attached hydrogen (secondary N) is 2. The molecule has 0 fully saturated rings. The molecule has 0 bridgehead atoms. The van der Waals surface area contributed by atoms with Crippen molar-refractivity contribution in [1.29, 1.82) is 0 Å². The van der Waals surface area contributed by atoms with Gasteiger partial charge in [-0.3, -0.25) is 9.59 Å². The molecule has 1 heterocycles. The summed E-state index contributed by atoms with van der Waals surface area (Å²) in [6.07, 6.45) is 0.838. The fraction of sp³-hybridized carbons (Fsp3) is 0.421. The first kappa shape index (κ1) is 19.5. The molecule has 2 rings (SSSR count). The van der Waals surface area contributed by atoms with E-state index in [9.17, 15) is 9.59 Å².